The minimum absolute atomic E-state index is 0.0101. The van der Waals surface area contributed by atoms with E-state index in [2.05, 4.69) is 0 Å². The fourth-order valence-corrected chi connectivity index (χ4v) is 4.52. The minimum Gasteiger partial charge on any atom is -0.335 e. The van der Waals surface area contributed by atoms with Crippen molar-refractivity contribution in [2.75, 3.05) is 18.1 Å². The molecule has 134 valence electrons. The van der Waals surface area contributed by atoms with Crippen molar-refractivity contribution in [2.24, 2.45) is 0 Å². The molecule has 1 aliphatic rings. The third-order valence-electron chi connectivity index (χ3n) is 4.10. The molecular weight excluding hydrogens is 343 g/mol. The molecule has 0 spiro atoms. The van der Waals surface area contributed by atoms with Crippen molar-refractivity contribution in [3.05, 3.63) is 35.4 Å². The van der Waals surface area contributed by atoms with E-state index in [9.17, 15) is 26.4 Å². The van der Waals surface area contributed by atoms with E-state index < -0.39 is 33.5 Å². The van der Waals surface area contributed by atoms with Crippen molar-refractivity contribution < 1.29 is 26.4 Å². The fourth-order valence-electron chi connectivity index (χ4n) is 2.79. The van der Waals surface area contributed by atoms with Gasteiger partial charge < -0.3 is 4.90 Å². The molecule has 1 unspecified atom stereocenters. The molecule has 1 aliphatic heterocycles. The second-order valence-electron chi connectivity index (χ2n) is 5.99. The van der Waals surface area contributed by atoms with Crippen LogP contribution in [-0.2, 0) is 16.0 Å². The van der Waals surface area contributed by atoms with Crippen LogP contribution in [-0.4, -0.2) is 43.3 Å². The predicted octanol–water partition coefficient (Wildman–Crippen LogP) is 3.13. The van der Waals surface area contributed by atoms with Crippen molar-refractivity contribution in [3.8, 4) is 0 Å². The van der Waals surface area contributed by atoms with Crippen LogP contribution < -0.4 is 0 Å². The number of hydrogen-bond donors (Lipinski definition) is 0. The average Bonchev–Trinajstić information content (AvgIpc) is 2.86. The molecule has 0 radical (unpaired) electrons. The minimum atomic E-state index is -4.53. The lowest BCUT2D eigenvalue weighted by atomic mass is 10.1. The molecule has 1 fully saturated rings. The first-order valence-electron chi connectivity index (χ1n) is 7.82. The van der Waals surface area contributed by atoms with Crippen LogP contribution in [0, 0.1) is 0 Å². The quantitative estimate of drug-likeness (QED) is 0.808. The predicted molar refractivity (Wildman–Crippen MR) is 84.4 cm³/mol. The first-order valence-corrected chi connectivity index (χ1v) is 9.65. The molecule has 24 heavy (non-hydrogen) atoms. The maximum atomic E-state index is 12.8. The van der Waals surface area contributed by atoms with Gasteiger partial charge in [0, 0.05) is 18.2 Å². The standard InChI is InChI=1S/C16H20F3NO3S/c1-2-3-8-20(14-7-9-24(22,23)11-14)15(21)12-5-4-6-13(10-12)16(17,18)19/h4-6,10,14H,2-3,7-9,11H2,1H3. The van der Waals surface area contributed by atoms with E-state index in [1.165, 1.54) is 17.0 Å². The maximum absolute atomic E-state index is 12.8. The normalized spacial score (nSPS) is 20.1. The Morgan fingerprint density at radius 2 is 2.04 bits per heavy atom. The summed E-state index contributed by atoms with van der Waals surface area (Å²) in [6, 6.07) is 3.79. The number of alkyl halides is 3. The second-order valence-corrected chi connectivity index (χ2v) is 8.22. The fraction of sp³-hybridized carbons (Fsp3) is 0.562. The molecule has 1 amide bonds. The van der Waals surface area contributed by atoms with Gasteiger partial charge in [-0.3, -0.25) is 4.79 Å². The summed E-state index contributed by atoms with van der Waals surface area (Å²) in [5.41, 5.74) is -0.951. The zero-order chi connectivity index (χ0) is 18.0. The summed E-state index contributed by atoms with van der Waals surface area (Å²) in [7, 11) is -3.19. The highest BCUT2D eigenvalue weighted by Crippen LogP contribution is 2.30. The van der Waals surface area contributed by atoms with Gasteiger partial charge in [-0.15, -0.1) is 0 Å². The third-order valence-corrected chi connectivity index (χ3v) is 5.85. The molecule has 1 aromatic rings. The lowest BCUT2D eigenvalue weighted by Gasteiger charge is -2.28. The van der Waals surface area contributed by atoms with Crippen molar-refractivity contribution in [2.45, 2.75) is 38.4 Å². The molecule has 1 heterocycles. The van der Waals surface area contributed by atoms with Crippen LogP contribution in [0.25, 0.3) is 0 Å². The van der Waals surface area contributed by atoms with Gasteiger partial charge in [0.2, 0.25) is 0 Å². The highest BCUT2D eigenvalue weighted by Gasteiger charge is 2.36. The van der Waals surface area contributed by atoms with Crippen LogP contribution in [0.5, 0.6) is 0 Å². The summed E-state index contributed by atoms with van der Waals surface area (Å²) in [5, 5.41) is 0. The summed E-state index contributed by atoms with van der Waals surface area (Å²) in [6.45, 7) is 2.27. The van der Waals surface area contributed by atoms with E-state index in [-0.39, 0.29) is 17.1 Å². The van der Waals surface area contributed by atoms with Gasteiger partial charge in [-0.2, -0.15) is 13.2 Å². The van der Waals surface area contributed by atoms with Crippen molar-refractivity contribution in [1.82, 2.24) is 4.90 Å². The SMILES string of the molecule is CCCCN(C(=O)c1cccc(C(F)(F)F)c1)C1CCS(=O)(=O)C1. The summed E-state index contributed by atoms with van der Waals surface area (Å²) < 4.78 is 61.9. The van der Waals surface area contributed by atoms with Crippen molar-refractivity contribution in [1.29, 1.82) is 0 Å². The highest BCUT2D eigenvalue weighted by molar-refractivity contribution is 7.91. The van der Waals surface area contributed by atoms with Gasteiger partial charge >= 0.3 is 6.18 Å². The number of halogens is 3. The third kappa shape index (κ3) is 4.49. The van der Waals surface area contributed by atoms with Crippen molar-refractivity contribution >= 4 is 15.7 Å². The molecule has 0 aromatic heterocycles. The molecule has 0 aliphatic carbocycles. The van der Waals surface area contributed by atoms with Crippen LogP contribution >= 0.6 is 0 Å². The molecule has 0 N–H and O–H groups in total. The Morgan fingerprint density at radius 1 is 1.33 bits per heavy atom. The molecule has 4 nitrogen and oxygen atoms in total. The molecule has 0 bridgehead atoms. The molecule has 1 aromatic carbocycles. The Morgan fingerprint density at radius 3 is 2.58 bits per heavy atom. The zero-order valence-electron chi connectivity index (χ0n) is 13.3. The van der Waals surface area contributed by atoms with Crippen LogP contribution in [0.1, 0.15) is 42.1 Å². The summed E-state index contributed by atoms with van der Waals surface area (Å²) >= 11 is 0. The molecule has 2 rings (SSSR count). The first-order chi connectivity index (χ1) is 11.1. The number of nitrogens with zero attached hydrogens (tertiary/aromatic N) is 1. The smallest absolute Gasteiger partial charge is 0.335 e. The van der Waals surface area contributed by atoms with Gasteiger partial charge in [0.05, 0.1) is 17.1 Å². The Labute approximate surface area is 139 Å². The summed E-state index contributed by atoms with van der Waals surface area (Å²) in [5.74, 6) is -0.658. The molecule has 0 saturated carbocycles. The number of unbranched alkanes of at least 4 members (excludes halogenated alkanes) is 1. The molecule has 8 heteroatoms. The Hall–Kier alpha value is -1.57. The van der Waals surface area contributed by atoms with E-state index in [0.29, 0.717) is 19.4 Å². The van der Waals surface area contributed by atoms with Gasteiger partial charge in [-0.05, 0) is 31.0 Å². The highest BCUT2D eigenvalue weighted by atomic mass is 32.2. The van der Waals surface area contributed by atoms with E-state index in [1.807, 2.05) is 6.92 Å². The largest absolute Gasteiger partial charge is 0.416 e. The van der Waals surface area contributed by atoms with Crippen LogP contribution in [0.2, 0.25) is 0 Å². The Balaban J connectivity index is 2.28. The number of carbonyl (C=O) groups is 1. The number of amides is 1. The van der Waals surface area contributed by atoms with Crippen LogP contribution in [0.3, 0.4) is 0 Å². The molecule has 1 saturated heterocycles. The van der Waals surface area contributed by atoms with Gasteiger partial charge in [0.25, 0.3) is 5.91 Å². The van der Waals surface area contributed by atoms with E-state index in [4.69, 9.17) is 0 Å². The lowest BCUT2D eigenvalue weighted by molar-refractivity contribution is -0.137. The monoisotopic (exact) mass is 363 g/mol. The Bertz CT molecular complexity index is 701. The molecular formula is C16H20F3NO3S. The van der Waals surface area contributed by atoms with Gasteiger partial charge in [-0.1, -0.05) is 19.4 Å². The maximum Gasteiger partial charge on any atom is 0.416 e. The topological polar surface area (TPSA) is 54.5 Å². The lowest BCUT2D eigenvalue weighted by Crippen LogP contribution is -2.41. The Kier molecular flexibility index (Phi) is 5.57. The van der Waals surface area contributed by atoms with Gasteiger partial charge in [0.1, 0.15) is 0 Å². The van der Waals surface area contributed by atoms with E-state index >= 15 is 0 Å². The number of benzene rings is 1. The van der Waals surface area contributed by atoms with Crippen LogP contribution in [0.15, 0.2) is 24.3 Å². The number of sulfone groups is 1. The first kappa shape index (κ1) is 18.8. The number of rotatable bonds is 5. The summed E-state index contributed by atoms with van der Waals surface area (Å²) in [4.78, 5) is 14.1. The van der Waals surface area contributed by atoms with E-state index in [0.717, 1.165) is 18.6 Å². The molecule has 1 atom stereocenters. The number of hydrogen-bond acceptors (Lipinski definition) is 3. The summed E-state index contributed by atoms with van der Waals surface area (Å²) in [6.07, 6.45) is -2.73. The van der Waals surface area contributed by atoms with Crippen molar-refractivity contribution in [3.63, 3.8) is 0 Å². The van der Waals surface area contributed by atoms with Crippen LogP contribution in [0.4, 0.5) is 13.2 Å². The zero-order valence-corrected chi connectivity index (χ0v) is 14.2. The average molecular weight is 363 g/mol. The number of carbonyl (C=O) groups excluding carboxylic acids is 1. The van der Waals surface area contributed by atoms with E-state index in [1.54, 1.807) is 0 Å². The van der Waals surface area contributed by atoms with Gasteiger partial charge in [0.15, 0.2) is 9.84 Å². The second kappa shape index (κ2) is 7.13. The van der Waals surface area contributed by atoms with Gasteiger partial charge in [-0.25, -0.2) is 8.42 Å².